The van der Waals surface area contributed by atoms with Crippen molar-refractivity contribution in [2.45, 2.75) is 19.1 Å². The smallest absolute Gasteiger partial charge is 0.198 e. The summed E-state index contributed by atoms with van der Waals surface area (Å²) < 4.78 is 10.6. The molecule has 0 saturated carbocycles. The number of rotatable bonds is 1. The highest BCUT2D eigenvalue weighted by atomic mass is 16.6. The third-order valence-corrected chi connectivity index (χ3v) is 2.59. The van der Waals surface area contributed by atoms with Crippen LogP contribution in [0.4, 0.5) is 0 Å². The molecule has 1 aromatic carbocycles. The number of hydrogen-bond donors (Lipinski definition) is 1. The maximum absolute atomic E-state index is 10.2. The molecule has 0 saturated heterocycles. The maximum Gasteiger partial charge on any atom is 0.198 e. The van der Waals surface area contributed by atoms with Crippen LogP contribution < -0.4 is 4.74 Å². The van der Waals surface area contributed by atoms with Gasteiger partial charge >= 0.3 is 0 Å². The number of ether oxygens (including phenoxy) is 2. The first-order chi connectivity index (χ1) is 6.65. The topological polar surface area (TPSA) is 38.7 Å². The number of benzene rings is 1. The summed E-state index contributed by atoms with van der Waals surface area (Å²) in [5, 5.41) is 10.2. The van der Waals surface area contributed by atoms with Crippen molar-refractivity contribution < 1.29 is 14.6 Å². The zero-order valence-corrected chi connectivity index (χ0v) is 8.41. The fourth-order valence-electron chi connectivity index (χ4n) is 1.72. The average molecular weight is 194 g/mol. The van der Waals surface area contributed by atoms with Crippen LogP contribution in [0.3, 0.4) is 0 Å². The highest BCUT2D eigenvalue weighted by molar-refractivity contribution is 5.41. The lowest BCUT2D eigenvalue weighted by molar-refractivity contribution is -0.209. The Balaban J connectivity index is 2.52. The third-order valence-electron chi connectivity index (χ3n) is 2.59. The fraction of sp³-hybridized carbons (Fsp3) is 0.455. The first-order valence-corrected chi connectivity index (χ1v) is 4.67. The first-order valence-electron chi connectivity index (χ1n) is 4.67. The van der Waals surface area contributed by atoms with Crippen LogP contribution in [0.1, 0.15) is 17.5 Å². The van der Waals surface area contributed by atoms with Gasteiger partial charge in [-0.15, -0.1) is 0 Å². The fourth-order valence-corrected chi connectivity index (χ4v) is 1.72. The van der Waals surface area contributed by atoms with Crippen molar-refractivity contribution in [2.75, 3.05) is 13.7 Å². The second-order valence-corrected chi connectivity index (χ2v) is 3.59. The molecular weight excluding hydrogens is 180 g/mol. The molecule has 1 aliphatic heterocycles. The van der Waals surface area contributed by atoms with Gasteiger partial charge in [-0.1, -0.05) is 11.6 Å². The van der Waals surface area contributed by atoms with Gasteiger partial charge in [-0.2, -0.15) is 0 Å². The Morgan fingerprint density at radius 2 is 2.29 bits per heavy atom. The molecule has 1 N–H and O–H groups in total. The van der Waals surface area contributed by atoms with E-state index in [9.17, 15) is 5.11 Å². The summed E-state index contributed by atoms with van der Waals surface area (Å²) >= 11 is 0. The SMILES string of the molecule is CO[C@@]1(O)CCOc2ccc(C)cc21. The summed E-state index contributed by atoms with van der Waals surface area (Å²) in [6, 6.07) is 5.73. The average Bonchev–Trinajstić information content (AvgIpc) is 2.20. The van der Waals surface area contributed by atoms with Crippen LogP contribution in [0, 0.1) is 6.92 Å². The number of aliphatic hydroxyl groups is 1. The number of methoxy groups -OCH3 is 1. The van der Waals surface area contributed by atoms with Crippen molar-refractivity contribution in [2.24, 2.45) is 0 Å². The normalized spacial score (nSPS) is 25.4. The Morgan fingerprint density at radius 3 is 3.00 bits per heavy atom. The van der Waals surface area contributed by atoms with E-state index in [0.717, 1.165) is 11.1 Å². The lowest BCUT2D eigenvalue weighted by atomic mass is 9.97. The predicted molar refractivity (Wildman–Crippen MR) is 52.2 cm³/mol. The van der Waals surface area contributed by atoms with Crippen LogP contribution in [-0.2, 0) is 10.5 Å². The molecule has 14 heavy (non-hydrogen) atoms. The number of aryl methyl sites for hydroxylation is 1. The molecule has 1 atom stereocenters. The van der Waals surface area contributed by atoms with E-state index in [1.54, 1.807) is 0 Å². The molecule has 1 heterocycles. The van der Waals surface area contributed by atoms with E-state index in [1.807, 2.05) is 25.1 Å². The molecule has 0 amide bonds. The molecule has 0 fully saturated rings. The van der Waals surface area contributed by atoms with Gasteiger partial charge in [-0.05, 0) is 19.1 Å². The van der Waals surface area contributed by atoms with E-state index in [2.05, 4.69) is 0 Å². The molecule has 0 unspecified atom stereocenters. The largest absolute Gasteiger partial charge is 0.493 e. The molecule has 2 rings (SSSR count). The summed E-state index contributed by atoms with van der Waals surface area (Å²) in [5.74, 6) is -0.467. The molecule has 3 heteroatoms. The lowest BCUT2D eigenvalue weighted by Crippen LogP contribution is -2.34. The Hall–Kier alpha value is -1.06. The van der Waals surface area contributed by atoms with Gasteiger partial charge in [0.15, 0.2) is 5.79 Å². The highest BCUT2D eigenvalue weighted by Gasteiger charge is 2.35. The summed E-state index contributed by atoms with van der Waals surface area (Å²) in [6.45, 7) is 2.46. The molecule has 0 bridgehead atoms. The molecule has 76 valence electrons. The van der Waals surface area contributed by atoms with E-state index >= 15 is 0 Å². The summed E-state index contributed by atoms with van der Waals surface area (Å²) in [5.41, 5.74) is 1.82. The molecule has 3 nitrogen and oxygen atoms in total. The molecule has 0 aliphatic carbocycles. The minimum absolute atomic E-state index is 0.472. The van der Waals surface area contributed by atoms with Crippen LogP contribution in [0.15, 0.2) is 18.2 Å². The third kappa shape index (κ3) is 1.38. The van der Waals surface area contributed by atoms with Crippen molar-refractivity contribution in [3.05, 3.63) is 29.3 Å². The van der Waals surface area contributed by atoms with E-state index in [4.69, 9.17) is 9.47 Å². The van der Waals surface area contributed by atoms with Gasteiger partial charge in [-0.3, -0.25) is 0 Å². The molecule has 1 aromatic rings. The summed E-state index contributed by atoms with van der Waals surface area (Å²) in [7, 11) is 1.51. The van der Waals surface area contributed by atoms with Gasteiger partial charge in [0.2, 0.25) is 0 Å². The standard InChI is InChI=1S/C11H14O3/c1-8-3-4-10-9(7-8)11(12,13-2)5-6-14-10/h3-4,7,12H,5-6H2,1-2H3/t11-/m0/s1. The number of hydrogen-bond acceptors (Lipinski definition) is 3. The Bertz CT molecular complexity index is 348. The monoisotopic (exact) mass is 194 g/mol. The Labute approximate surface area is 83.3 Å². The van der Waals surface area contributed by atoms with Crippen molar-refractivity contribution in [1.29, 1.82) is 0 Å². The molecule has 1 aliphatic rings. The Morgan fingerprint density at radius 1 is 1.50 bits per heavy atom. The minimum Gasteiger partial charge on any atom is -0.493 e. The van der Waals surface area contributed by atoms with E-state index in [1.165, 1.54) is 7.11 Å². The molecular formula is C11H14O3. The van der Waals surface area contributed by atoms with Crippen LogP contribution in [0.25, 0.3) is 0 Å². The number of fused-ring (bicyclic) bond motifs is 1. The quantitative estimate of drug-likeness (QED) is 0.690. The van der Waals surface area contributed by atoms with Crippen molar-refractivity contribution in [3.8, 4) is 5.75 Å². The van der Waals surface area contributed by atoms with Crippen LogP contribution >= 0.6 is 0 Å². The van der Waals surface area contributed by atoms with Crippen molar-refractivity contribution in [3.63, 3.8) is 0 Å². The summed E-state index contributed by atoms with van der Waals surface area (Å²) in [6.07, 6.45) is 0.472. The maximum atomic E-state index is 10.2. The van der Waals surface area contributed by atoms with Crippen LogP contribution in [0.5, 0.6) is 5.75 Å². The van der Waals surface area contributed by atoms with E-state index < -0.39 is 5.79 Å². The van der Waals surface area contributed by atoms with Gasteiger partial charge in [0.05, 0.1) is 12.2 Å². The minimum atomic E-state index is -1.18. The van der Waals surface area contributed by atoms with E-state index in [0.29, 0.717) is 18.8 Å². The summed E-state index contributed by atoms with van der Waals surface area (Å²) in [4.78, 5) is 0. The first kappa shape index (κ1) is 9.49. The molecule has 0 spiro atoms. The van der Waals surface area contributed by atoms with Crippen LogP contribution in [-0.4, -0.2) is 18.8 Å². The molecule has 0 radical (unpaired) electrons. The van der Waals surface area contributed by atoms with Crippen LogP contribution in [0.2, 0.25) is 0 Å². The second-order valence-electron chi connectivity index (χ2n) is 3.59. The van der Waals surface area contributed by atoms with Gasteiger partial charge in [0.1, 0.15) is 5.75 Å². The second kappa shape index (κ2) is 3.26. The van der Waals surface area contributed by atoms with Crippen molar-refractivity contribution >= 4 is 0 Å². The predicted octanol–water partition coefficient (Wildman–Crippen LogP) is 1.57. The highest BCUT2D eigenvalue weighted by Crippen LogP contribution is 2.37. The zero-order valence-electron chi connectivity index (χ0n) is 8.41. The van der Waals surface area contributed by atoms with Gasteiger partial charge < -0.3 is 14.6 Å². The molecule has 0 aromatic heterocycles. The van der Waals surface area contributed by atoms with E-state index in [-0.39, 0.29) is 0 Å². The van der Waals surface area contributed by atoms with Crippen molar-refractivity contribution in [1.82, 2.24) is 0 Å². The lowest BCUT2D eigenvalue weighted by Gasteiger charge is -2.33. The van der Waals surface area contributed by atoms with Gasteiger partial charge in [0, 0.05) is 13.5 Å². The Kier molecular flexibility index (Phi) is 2.21. The van der Waals surface area contributed by atoms with Gasteiger partial charge in [-0.25, -0.2) is 0 Å². The zero-order chi connectivity index (χ0) is 10.2. The van der Waals surface area contributed by atoms with Gasteiger partial charge in [0.25, 0.3) is 0 Å².